The summed E-state index contributed by atoms with van der Waals surface area (Å²) >= 11 is 6.04. The van der Waals surface area contributed by atoms with Gasteiger partial charge in [-0.25, -0.2) is 0 Å². The molecule has 1 atom stereocenters. The predicted molar refractivity (Wildman–Crippen MR) is 64.5 cm³/mol. The quantitative estimate of drug-likeness (QED) is 0.543. The highest BCUT2D eigenvalue weighted by Crippen LogP contribution is 2.30. The maximum Gasteiger partial charge on any atom is 0.138 e. The Labute approximate surface area is 100 Å². The number of aryl methyl sites for hydroxylation is 1. The van der Waals surface area contributed by atoms with Crippen LogP contribution >= 0.6 is 11.6 Å². The Balaban J connectivity index is 3.00. The maximum absolute atomic E-state index is 9.80. The van der Waals surface area contributed by atoms with Crippen LogP contribution < -0.4 is 16.0 Å². The molecule has 0 heterocycles. The molecule has 4 N–H and O–H groups in total. The van der Waals surface area contributed by atoms with E-state index in [1.165, 1.54) is 0 Å². The third-order valence-electron chi connectivity index (χ3n) is 2.29. The first-order valence-electron chi connectivity index (χ1n) is 5.14. The lowest BCUT2D eigenvalue weighted by Gasteiger charge is -2.15. The summed E-state index contributed by atoms with van der Waals surface area (Å²) in [6, 6.07) is 3.53. The molecule has 0 aliphatic carbocycles. The average molecular weight is 245 g/mol. The number of hydrazine groups is 1. The fourth-order valence-electron chi connectivity index (χ4n) is 1.52. The van der Waals surface area contributed by atoms with Crippen LogP contribution in [0.5, 0.6) is 5.75 Å². The standard InChI is InChI=1S/C11H17ClN2O2/c1-3-16-11-4-7(2)8(5-9(11)12)10(15)6-14-13/h4-5,10,14-15H,3,6,13H2,1-2H3. The Morgan fingerprint density at radius 2 is 2.25 bits per heavy atom. The molecule has 1 unspecified atom stereocenters. The van der Waals surface area contributed by atoms with Gasteiger partial charge in [-0.05, 0) is 37.1 Å². The topological polar surface area (TPSA) is 67.5 Å². The zero-order valence-electron chi connectivity index (χ0n) is 9.46. The summed E-state index contributed by atoms with van der Waals surface area (Å²) in [4.78, 5) is 0. The largest absolute Gasteiger partial charge is 0.492 e. The minimum Gasteiger partial charge on any atom is -0.492 e. The first-order valence-corrected chi connectivity index (χ1v) is 5.52. The molecule has 1 rings (SSSR count). The number of nitrogens with one attached hydrogen (secondary N) is 1. The molecular formula is C11H17ClN2O2. The van der Waals surface area contributed by atoms with Gasteiger partial charge in [0.2, 0.25) is 0 Å². The second-order valence-corrected chi connectivity index (χ2v) is 3.90. The van der Waals surface area contributed by atoms with Gasteiger partial charge in [-0.1, -0.05) is 11.6 Å². The minimum absolute atomic E-state index is 0.283. The fraction of sp³-hybridized carbons (Fsp3) is 0.455. The van der Waals surface area contributed by atoms with E-state index in [2.05, 4.69) is 5.43 Å². The summed E-state index contributed by atoms with van der Waals surface area (Å²) < 4.78 is 5.36. The highest BCUT2D eigenvalue weighted by molar-refractivity contribution is 6.32. The molecule has 0 aromatic heterocycles. The maximum atomic E-state index is 9.80. The molecule has 0 aliphatic rings. The summed E-state index contributed by atoms with van der Waals surface area (Å²) in [5.41, 5.74) is 4.11. The highest BCUT2D eigenvalue weighted by atomic mass is 35.5. The second-order valence-electron chi connectivity index (χ2n) is 3.50. The van der Waals surface area contributed by atoms with Crippen molar-refractivity contribution >= 4 is 11.6 Å². The van der Waals surface area contributed by atoms with E-state index in [0.29, 0.717) is 17.4 Å². The van der Waals surface area contributed by atoms with Gasteiger partial charge in [0.1, 0.15) is 5.75 Å². The van der Waals surface area contributed by atoms with Crippen LogP contribution in [0.2, 0.25) is 5.02 Å². The van der Waals surface area contributed by atoms with Crippen molar-refractivity contribution < 1.29 is 9.84 Å². The number of benzene rings is 1. The average Bonchev–Trinajstić information content (AvgIpc) is 2.23. The van der Waals surface area contributed by atoms with Crippen molar-refractivity contribution in [2.24, 2.45) is 5.84 Å². The number of hydrogen-bond donors (Lipinski definition) is 3. The Bertz CT molecular complexity index is 358. The van der Waals surface area contributed by atoms with Crippen LogP contribution in [-0.4, -0.2) is 18.3 Å². The van der Waals surface area contributed by atoms with E-state index in [4.69, 9.17) is 22.2 Å². The lowest BCUT2D eigenvalue weighted by molar-refractivity contribution is 0.174. The number of aliphatic hydroxyl groups is 1. The van der Waals surface area contributed by atoms with Crippen molar-refractivity contribution in [2.45, 2.75) is 20.0 Å². The Morgan fingerprint density at radius 3 is 2.81 bits per heavy atom. The highest BCUT2D eigenvalue weighted by Gasteiger charge is 2.13. The third kappa shape index (κ3) is 3.09. The monoisotopic (exact) mass is 244 g/mol. The molecule has 1 aromatic rings. The van der Waals surface area contributed by atoms with Gasteiger partial charge < -0.3 is 9.84 Å². The number of aliphatic hydroxyl groups excluding tert-OH is 1. The fourth-order valence-corrected chi connectivity index (χ4v) is 1.74. The van der Waals surface area contributed by atoms with E-state index in [1.807, 2.05) is 19.9 Å². The summed E-state index contributed by atoms with van der Waals surface area (Å²) in [7, 11) is 0. The lowest BCUT2D eigenvalue weighted by atomic mass is 10.0. The van der Waals surface area contributed by atoms with Gasteiger partial charge in [0.25, 0.3) is 0 Å². The zero-order chi connectivity index (χ0) is 12.1. The van der Waals surface area contributed by atoms with Crippen molar-refractivity contribution in [1.82, 2.24) is 5.43 Å². The number of halogens is 1. The number of rotatable bonds is 5. The minimum atomic E-state index is -0.668. The van der Waals surface area contributed by atoms with Crippen LogP contribution in [0.4, 0.5) is 0 Å². The van der Waals surface area contributed by atoms with Gasteiger partial charge >= 0.3 is 0 Å². The van der Waals surface area contributed by atoms with E-state index in [9.17, 15) is 5.11 Å². The molecular weight excluding hydrogens is 228 g/mol. The Hall–Kier alpha value is -0.810. The summed E-state index contributed by atoms with van der Waals surface area (Å²) in [6.07, 6.45) is -0.668. The van der Waals surface area contributed by atoms with Crippen LogP contribution in [0.25, 0.3) is 0 Å². The summed E-state index contributed by atoms with van der Waals surface area (Å²) in [6.45, 7) is 4.64. The Kier molecular flexibility index (Phi) is 5.02. The molecule has 1 aromatic carbocycles. The van der Waals surface area contributed by atoms with E-state index in [0.717, 1.165) is 11.1 Å². The SMILES string of the molecule is CCOc1cc(C)c(C(O)CNN)cc1Cl. The molecule has 0 bridgehead atoms. The summed E-state index contributed by atoms with van der Waals surface area (Å²) in [5, 5.41) is 10.3. The van der Waals surface area contributed by atoms with E-state index < -0.39 is 6.10 Å². The van der Waals surface area contributed by atoms with Crippen LogP contribution in [0.1, 0.15) is 24.2 Å². The molecule has 90 valence electrons. The van der Waals surface area contributed by atoms with Crippen molar-refractivity contribution in [3.05, 3.63) is 28.3 Å². The molecule has 0 fully saturated rings. The first kappa shape index (κ1) is 13.3. The van der Waals surface area contributed by atoms with Gasteiger partial charge in [-0.2, -0.15) is 0 Å². The molecule has 0 aliphatic heterocycles. The van der Waals surface area contributed by atoms with Gasteiger partial charge in [-0.3, -0.25) is 11.3 Å². The molecule has 0 saturated heterocycles. The first-order chi connectivity index (χ1) is 7.60. The molecule has 0 radical (unpaired) electrons. The predicted octanol–water partition coefficient (Wildman–Crippen LogP) is 1.54. The van der Waals surface area contributed by atoms with Crippen LogP contribution in [0.3, 0.4) is 0 Å². The van der Waals surface area contributed by atoms with Crippen LogP contribution in [-0.2, 0) is 0 Å². The van der Waals surface area contributed by atoms with Gasteiger partial charge in [0.05, 0.1) is 17.7 Å². The number of ether oxygens (including phenoxy) is 1. The Morgan fingerprint density at radius 1 is 1.56 bits per heavy atom. The second kappa shape index (κ2) is 6.06. The van der Waals surface area contributed by atoms with Crippen LogP contribution in [0, 0.1) is 6.92 Å². The van der Waals surface area contributed by atoms with Gasteiger partial charge in [0.15, 0.2) is 0 Å². The van der Waals surface area contributed by atoms with Crippen molar-refractivity contribution in [3.63, 3.8) is 0 Å². The zero-order valence-corrected chi connectivity index (χ0v) is 10.2. The normalized spacial score (nSPS) is 12.6. The number of hydrogen-bond acceptors (Lipinski definition) is 4. The third-order valence-corrected chi connectivity index (χ3v) is 2.59. The smallest absolute Gasteiger partial charge is 0.138 e. The van der Waals surface area contributed by atoms with Crippen molar-refractivity contribution in [2.75, 3.05) is 13.2 Å². The molecule has 0 saturated carbocycles. The van der Waals surface area contributed by atoms with Gasteiger partial charge in [-0.15, -0.1) is 0 Å². The molecule has 16 heavy (non-hydrogen) atoms. The van der Waals surface area contributed by atoms with E-state index in [-0.39, 0.29) is 6.54 Å². The molecule has 0 spiro atoms. The van der Waals surface area contributed by atoms with E-state index >= 15 is 0 Å². The number of nitrogens with two attached hydrogens (primary N) is 1. The van der Waals surface area contributed by atoms with Crippen LogP contribution in [0.15, 0.2) is 12.1 Å². The van der Waals surface area contributed by atoms with Crippen molar-refractivity contribution in [3.8, 4) is 5.75 Å². The lowest BCUT2D eigenvalue weighted by Crippen LogP contribution is -2.27. The molecule has 0 amide bonds. The molecule has 5 heteroatoms. The van der Waals surface area contributed by atoms with Gasteiger partial charge in [0, 0.05) is 6.54 Å². The molecule has 4 nitrogen and oxygen atoms in total. The van der Waals surface area contributed by atoms with E-state index in [1.54, 1.807) is 6.07 Å². The van der Waals surface area contributed by atoms with Crippen molar-refractivity contribution in [1.29, 1.82) is 0 Å². The summed E-state index contributed by atoms with van der Waals surface area (Å²) in [5.74, 6) is 5.80.